The van der Waals surface area contributed by atoms with Crippen LogP contribution in [0, 0.1) is 0 Å². The number of hydrogen-bond donors (Lipinski definition) is 1. The third-order valence-corrected chi connectivity index (χ3v) is 2.55. The zero-order valence-electron chi connectivity index (χ0n) is 8.08. The van der Waals surface area contributed by atoms with E-state index in [4.69, 9.17) is 5.11 Å². The Bertz CT molecular complexity index is 673. The maximum Gasteiger partial charge on any atom is 0.331 e. The Labute approximate surface area is 89.4 Å². The van der Waals surface area contributed by atoms with E-state index in [2.05, 4.69) is 20.4 Å². The summed E-state index contributed by atoms with van der Waals surface area (Å²) in [5, 5.41) is 21.5. The van der Waals surface area contributed by atoms with Crippen molar-refractivity contribution in [3.63, 3.8) is 0 Å². The van der Waals surface area contributed by atoms with Gasteiger partial charge in [0.05, 0.1) is 0 Å². The van der Waals surface area contributed by atoms with Crippen LogP contribution < -0.4 is 10.6 Å². The SMILES string of the molecule is O=C(O)C1=CC=c2c(cnc3c2=NN=N3)C1. The molecule has 16 heavy (non-hydrogen) atoms. The second-order valence-corrected chi connectivity index (χ2v) is 3.50. The topological polar surface area (TPSA) is 87.3 Å². The molecule has 0 saturated heterocycles. The summed E-state index contributed by atoms with van der Waals surface area (Å²) < 4.78 is 0. The molecule has 0 atom stereocenters. The lowest BCUT2D eigenvalue weighted by atomic mass is 9.99. The van der Waals surface area contributed by atoms with Gasteiger partial charge in [-0.05, 0) is 10.8 Å². The highest BCUT2D eigenvalue weighted by atomic mass is 16.4. The van der Waals surface area contributed by atoms with Crippen LogP contribution in [0.25, 0.3) is 6.08 Å². The highest BCUT2D eigenvalue weighted by molar-refractivity contribution is 5.89. The van der Waals surface area contributed by atoms with Crippen LogP contribution in [0.1, 0.15) is 5.56 Å². The molecule has 0 fully saturated rings. The highest BCUT2D eigenvalue weighted by Gasteiger charge is 2.15. The first-order chi connectivity index (χ1) is 7.75. The number of rotatable bonds is 1. The molecule has 0 spiro atoms. The van der Waals surface area contributed by atoms with Crippen molar-refractivity contribution in [2.24, 2.45) is 15.4 Å². The summed E-state index contributed by atoms with van der Waals surface area (Å²) in [5.41, 5.74) is 1.19. The Kier molecular flexibility index (Phi) is 1.70. The Morgan fingerprint density at radius 1 is 1.38 bits per heavy atom. The van der Waals surface area contributed by atoms with Crippen LogP contribution in [0.4, 0.5) is 5.82 Å². The van der Waals surface area contributed by atoms with Crippen molar-refractivity contribution in [1.82, 2.24) is 4.98 Å². The molecule has 2 aliphatic rings. The van der Waals surface area contributed by atoms with Crippen LogP contribution >= 0.6 is 0 Å². The molecule has 0 saturated carbocycles. The van der Waals surface area contributed by atoms with Gasteiger partial charge in [-0.3, -0.25) is 0 Å². The summed E-state index contributed by atoms with van der Waals surface area (Å²) in [7, 11) is 0. The molecular weight excluding hydrogens is 208 g/mol. The van der Waals surface area contributed by atoms with Crippen molar-refractivity contribution < 1.29 is 9.90 Å². The number of aromatic nitrogens is 1. The van der Waals surface area contributed by atoms with Gasteiger partial charge in [-0.25, -0.2) is 9.78 Å². The van der Waals surface area contributed by atoms with E-state index >= 15 is 0 Å². The van der Waals surface area contributed by atoms with Crippen molar-refractivity contribution in [3.8, 4) is 0 Å². The summed E-state index contributed by atoms with van der Waals surface area (Å²) in [6, 6.07) is 0. The Morgan fingerprint density at radius 3 is 3.06 bits per heavy atom. The van der Waals surface area contributed by atoms with Gasteiger partial charge in [-0.2, -0.15) is 0 Å². The van der Waals surface area contributed by atoms with Crippen LogP contribution in [0.5, 0.6) is 0 Å². The quantitative estimate of drug-likeness (QED) is 0.717. The summed E-state index contributed by atoms with van der Waals surface area (Å²) >= 11 is 0. The van der Waals surface area contributed by atoms with E-state index in [0.717, 1.165) is 10.8 Å². The normalized spacial score (nSPS) is 15.6. The minimum absolute atomic E-state index is 0.348. The van der Waals surface area contributed by atoms with Crippen LogP contribution in [0.3, 0.4) is 0 Å². The summed E-state index contributed by atoms with van der Waals surface area (Å²) in [5.74, 6) is -0.420. The molecular formula is C10H6N4O2. The molecule has 3 rings (SSSR count). The number of carbonyl (C=O) groups is 1. The second-order valence-electron chi connectivity index (χ2n) is 3.50. The molecule has 0 unspecified atom stereocenters. The van der Waals surface area contributed by atoms with E-state index in [1.165, 1.54) is 0 Å². The maximum atomic E-state index is 10.8. The fourth-order valence-corrected chi connectivity index (χ4v) is 1.75. The van der Waals surface area contributed by atoms with Crippen molar-refractivity contribution >= 4 is 17.9 Å². The Balaban J connectivity index is 2.27. The Morgan fingerprint density at radius 2 is 2.25 bits per heavy atom. The fourth-order valence-electron chi connectivity index (χ4n) is 1.75. The highest BCUT2D eigenvalue weighted by Crippen LogP contribution is 2.11. The summed E-state index contributed by atoms with van der Waals surface area (Å²) in [6.45, 7) is 0. The molecule has 0 bridgehead atoms. The molecule has 1 aliphatic heterocycles. The molecule has 0 aromatic carbocycles. The zero-order chi connectivity index (χ0) is 11.1. The Hall–Kier alpha value is -2.37. The molecule has 78 valence electrons. The molecule has 0 amide bonds. The number of carboxylic acid groups (broad SMARTS) is 1. The summed E-state index contributed by atoms with van der Waals surface area (Å²) in [6.07, 6.45) is 5.29. The van der Waals surface area contributed by atoms with Gasteiger partial charge in [0, 0.05) is 23.4 Å². The van der Waals surface area contributed by atoms with E-state index in [1.54, 1.807) is 18.3 Å². The van der Waals surface area contributed by atoms with Crippen molar-refractivity contribution in [3.05, 3.63) is 34.0 Å². The first kappa shape index (κ1) is 8.90. The van der Waals surface area contributed by atoms with E-state index in [9.17, 15) is 4.79 Å². The summed E-state index contributed by atoms with van der Waals surface area (Å²) in [4.78, 5) is 14.9. The lowest BCUT2D eigenvalue weighted by molar-refractivity contribution is -0.132. The molecule has 1 N–H and O–H groups in total. The van der Waals surface area contributed by atoms with Crippen LogP contribution in [0.15, 0.2) is 33.3 Å². The van der Waals surface area contributed by atoms with Gasteiger partial charge in [0.2, 0.25) is 5.82 Å². The molecule has 2 heterocycles. The molecule has 1 aliphatic carbocycles. The minimum Gasteiger partial charge on any atom is -0.478 e. The van der Waals surface area contributed by atoms with Crippen molar-refractivity contribution in [1.29, 1.82) is 0 Å². The average Bonchev–Trinajstić information content (AvgIpc) is 2.76. The van der Waals surface area contributed by atoms with Gasteiger partial charge in [-0.15, -0.1) is 10.2 Å². The van der Waals surface area contributed by atoms with Gasteiger partial charge in [0.25, 0.3) is 0 Å². The lowest BCUT2D eigenvalue weighted by Gasteiger charge is -2.07. The third kappa shape index (κ3) is 1.16. The smallest absolute Gasteiger partial charge is 0.331 e. The van der Waals surface area contributed by atoms with Gasteiger partial charge >= 0.3 is 5.97 Å². The molecule has 0 radical (unpaired) electrons. The van der Waals surface area contributed by atoms with E-state index < -0.39 is 5.97 Å². The van der Waals surface area contributed by atoms with Crippen LogP contribution in [-0.4, -0.2) is 16.1 Å². The first-order valence-electron chi connectivity index (χ1n) is 4.66. The number of pyridine rings is 1. The predicted octanol–water partition coefficient (Wildman–Crippen LogP) is 0.0611. The van der Waals surface area contributed by atoms with E-state index in [1.807, 2.05) is 0 Å². The van der Waals surface area contributed by atoms with Crippen LogP contribution in [-0.2, 0) is 11.2 Å². The molecule has 1 aromatic rings. The van der Waals surface area contributed by atoms with E-state index in [-0.39, 0.29) is 0 Å². The number of nitrogens with zero attached hydrogens (tertiary/aromatic N) is 4. The maximum absolute atomic E-state index is 10.8. The number of fused-ring (bicyclic) bond motifs is 3. The predicted molar refractivity (Wildman–Crippen MR) is 53.4 cm³/mol. The van der Waals surface area contributed by atoms with Crippen molar-refractivity contribution in [2.75, 3.05) is 0 Å². The van der Waals surface area contributed by atoms with Gasteiger partial charge in [-0.1, -0.05) is 12.2 Å². The van der Waals surface area contributed by atoms with Crippen LogP contribution in [0.2, 0.25) is 0 Å². The van der Waals surface area contributed by atoms with Gasteiger partial charge in [0.15, 0.2) is 0 Å². The molecule has 6 heteroatoms. The average molecular weight is 214 g/mol. The largest absolute Gasteiger partial charge is 0.478 e. The van der Waals surface area contributed by atoms with E-state index in [0.29, 0.717) is 23.2 Å². The number of hydrogen-bond acceptors (Lipinski definition) is 5. The number of allylic oxidation sites excluding steroid dienone is 1. The molecule has 1 aromatic heterocycles. The lowest BCUT2D eigenvalue weighted by Crippen LogP contribution is -2.31. The zero-order valence-corrected chi connectivity index (χ0v) is 8.08. The number of carboxylic acids is 1. The molecule has 6 nitrogen and oxygen atoms in total. The number of aliphatic carboxylic acids is 1. The second kappa shape index (κ2) is 3.06. The monoisotopic (exact) mass is 214 g/mol. The fraction of sp³-hybridized carbons (Fsp3) is 0.100. The first-order valence-corrected chi connectivity index (χ1v) is 4.66. The van der Waals surface area contributed by atoms with Crippen molar-refractivity contribution in [2.45, 2.75) is 6.42 Å². The standard InChI is InChI=1S/C10H6N4O2/c15-10(16)5-1-2-7-6(3-5)4-11-9-8(7)12-14-13-9/h1-2,4H,3H2,(H,15,16). The third-order valence-electron chi connectivity index (χ3n) is 2.55. The minimum atomic E-state index is -0.909. The van der Waals surface area contributed by atoms with Gasteiger partial charge < -0.3 is 5.11 Å². The van der Waals surface area contributed by atoms with Gasteiger partial charge in [0.1, 0.15) is 5.36 Å².